The molecule has 7 nitrogen and oxygen atoms in total. The van der Waals surface area contributed by atoms with E-state index in [4.69, 9.17) is 14.7 Å². The fraction of sp³-hybridized carbons (Fsp3) is 0.109. The monoisotopic (exact) mass is 807 g/mol. The predicted octanol–water partition coefficient (Wildman–Crippen LogP) is 13.1. The summed E-state index contributed by atoms with van der Waals surface area (Å²) in [5.74, 6) is 0.839. The first-order chi connectivity index (χ1) is 30.6. The van der Waals surface area contributed by atoms with Crippen LogP contribution in [-0.4, -0.2) is 31.1 Å². The number of benzene rings is 4. The Labute approximate surface area is 360 Å². The predicted molar refractivity (Wildman–Crippen MR) is 255 cm³/mol. The van der Waals surface area contributed by atoms with Crippen LogP contribution < -0.4 is 10.2 Å². The van der Waals surface area contributed by atoms with Crippen LogP contribution in [0.2, 0.25) is 0 Å². The molecule has 0 spiro atoms. The Kier molecular flexibility index (Phi) is 10.8. The van der Waals surface area contributed by atoms with Gasteiger partial charge in [0, 0.05) is 75.4 Å². The number of fused-ring (bicyclic) bond motifs is 8. The first-order valence-electron chi connectivity index (χ1n) is 21.4. The summed E-state index contributed by atoms with van der Waals surface area (Å²) in [5.41, 5.74) is 15.7. The minimum absolute atomic E-state index is 0.0438. The fourth-order valence-electron chi connectivity index (χ4n) is 8.49. The molecule has 2 N–H and O–H groups in total. The van der Waals surface area contributed by atoms with Crippen molar-refractivity contribution in [2.45, 2.75) is 32.2 Å². The van der Waals surface area contributed by atoms with Gasteiger partial charge in [-0.25, -0.2) is 9.97 Å². The van der Waals surface area contributed by atoms with Gasteiger partial charge in [0.25, 0.3) is 0 Å². The van der Waals surface area contributed by atoms with Crippen LogP contribution in [0.4, 0.5) is 0 Å². The van der Waals surface area contributed by atoms with E-state index in [1.807, 2.05) is 30.6 Å². The van der Waals surface area contributed by atoms with Crippen LogP contribution in [0.15, 0.2) is 169 Å². The van der Waals surface area contributed by atoms with Crippen LogP contribution in [0.5, 0.6) is 5.75 Å². The fourth-order valence-corrected chi connectivity index (χ4v) is 8.49. The molecule has 0 aliphatic carbocycles. The highest BCUT2D eigenvalue weighted by atomic mass is 16.5. The second-order valence-electron chi connectivity index (χ2n) is 15.7. The zero-order chi connectivity index (χ0) is 41.7. The number of hydrogen-bond acceptors (Lipinski definition) is 4. The first kappa shape index (κ1) is 38.4. The van der Waals surface area contributed by atoms with Gasteiger partial charge in [-0.15, -0.1) is 0 Å². The van der Waals surface area contributed by atoms with Gasteiger partial charge in [0.05, 0.1) is 29.4 Å². The van der Waals surface area contributed by atoms with Crippen molar-refractivity contribution in [2.75, 3.05) is 6.61 Å². The van der Waals surface area contributed by atoms with Crippen molar-refractivity contribution in [1.82, 2.24) is 24.5 Å². The van der Waals surface area contributed by atoms with Crippen molar-refractivity contribution in [3.63, 3.8) is 0 Å². The van der Waals surface area contributed by atoms with Gasteiger partial charge in [0.2, 0.25) is 0 Å². The summed E-state index contributed by atoms with van der Waals surface area (Å²) in [6, 6.07) is 51.7. The van der Waals surface area contributed by atoms with E-state index in [1.54, 1.807) is 12.1 Å². The Bertz CT molecular complexity index is 3100. The molecule has 8 bridgehead atoms. The molecule has 4 aromatic carbocycles. The van der Waals surface area contributed by atoms with Gasteiger partial charge >= 0.3 is 0 Å². The number of hydrogen-bond donors (Lipinski definition) is 2. The molecule has 2 aliphatic rings. The average molecular weight is 808 g/mol. The van der Waals surface area contributed by atoms with Gasteiger partial charge in [-0.2, -0.15) is 0 Å². The molecule has 7 heteroatoms. The largest absolute Gasteiger partial charge is 0.494 e. The number of nitrogens with zero attached hydrogens (tertiary/aromatic N) is 3. The van der Waals surface area contributed by atoms with Crippen LogP contribution in [0.25, 0.3) is 90.9 Å². The maximum Gasteiger partial charge on any atom is 0.181 e. The van der Waals surface area contributed by atoms with Crippen molar-refractivity contribution in [2.24, 2.45) is 0 Å². The standard InChI is InChI=1S/C55H45N5O2/c61-42-32-35-60(36-33-42)34-12-1-2-13-37-62-43-22-20-41(21-23-43)55-50-30-28-48(58-50)53(39-16-8-4-9-17-39)46-26-24-44(56-46)52(38-14-6-3-7-15-38)45-25-27-47(57-45)54(40-18-10-5-11-19-40)49-29-31-51(55)59-49/h3-11,14-33,35-36,56,59H,1-2,12-13,34,37H2. The van der Waals surface area contributed by atoms with Gasteiger partial charge in [-0.1, -0.05) is 116 Å². The topological polar surface area (TPSA) is 88.6 Å². The molecule has 8 aromatic rings. The highest BCUT2D eigenvalue weighted by molar-refractivity contribution is 5.99. The number of pyridine rings is 1. The van der Waals surface area contributed by atoms with Gasteiger partial charge in [-0.3, -0.25) is 4.79 Å². The van der Waals surface area contributed by atoms with E-state index >= 15 is 0 Å². The number of ether oxygens (including phenoxy) is 1. The maximum absolute atomic E-state index is 11.4. The highest BCUT2D eigenvalue weighted by Crippen LogP contribution is 2.38. The van der Waals surface area contributed by atoms with E-state index in [0.717, 1.165) is 127 Å². The summed E-state index contributed by atoms with van der Waals surface area (Å²) in [5, 5.41) is 0. The molecule has 10 rings (SSSR count). The van der Waals surface area contributed by atoms with E-state index < -0.39 is 0 Å². The quantitative estimate of drug-likeness (QED) is 0.120. The van der Waals surface area contributed by atoms with Crippen LogP contribution in [0.1, 0.15) is 48.5 Å². The van der Waals surface area contributed by atoms with Gasteiger partial charge < -0.3 is 19.3 Å². The normalized spacial score (nSPS) is 11.9. The molecule has 302 valence electrons. The first-order valence-corrected chi connectivity index (χ1v) is 21.4. The zero-order valence-electron chi connectivity index (χ0n) is 34.3. The summed E-state index contributed by atoms with van der Waals surface area (Å²) in [7, 11) is 0. The number of aromatic nitrogens is 5. The van der Waals surface area contributed by atoms with Gasteiger partial charge in [0.1, 0.15) is 5.75 Å². The second kappa shape index (κ2) is 17.4. The molecule has 2 aliphatic heterocycles. The smallest absolute Gasteiger partial charge is 0.181 e. The third-order valence-electron chi connectivity index (χ3n) is 11.5. The third-order valence-corrected chi connectivity index (χ3v) is 11.5. The van der Waals surface area contributed by atoms with Gasteiger partial charge in [-0.05, 0) is 95.8 Å². The van der Waals surface area contributed by atoms with Crippen LogP contribution in [0.3, 0.4) is 0 Å². The Balaban J connectivity index is 1.09. The van der Waals surface area contributed by atoms with E-state index in [1.165, 1.54) is 0 Å². The van der Waals surface area contributed by atoms with Crippen LogP contribution >= 0.6 is 0 Å². The van der Waals surface area contributed by atoms with E-state index in [9.17, 15) is 4.79 Å². The molecule has 0 amide bonds. The Morgan fingerprint density at radius 3 is 1.23 bits per heavy atom. The molecule has 4 aromatic heterocycles. The van der Waals surface area contributed by atoms with Crippen molar-refractivity contribution in [3.05, 3.63) is 197 Å². The minimum Gasteiger partial charge on any atom is -0.494 e. The molecular formula is C55H45N5O2. The van der Waals surface area contributed by atoms with Gasteiger partial charge in [0.15, 0.2) is 5.43 Å². The van der Waals surface area contributed by atoms with E-state index in [0.29, 0.717) is 6.61 Å². The van der Waals surface area contributed by atoms with Crippen molar-refractivity contribution < 1.29 is 4.74 Å². The third kappa shape index (κ3) is 8.08. The minimum atomic E-state index is 0.0438. The molecule has 0 unspecified atom stereocenters. The van der Waals surface area contributed by atoms with Crippen LogP contribution in [-0.2, 0) is 6.54 Å². The number of rotatable bonds is 12. The van der Waals surface area contributed by atoms with Crippen molar-refractivity contribution in [1.29, 1.82) is 0 Å². The number of H-pyrrole nitrogens is 2. The molecular weight excluding hydrogens is 763 g/mol. The molecule has 6 heterocycles. The Morgan fingerprint density at radius 1 is 0.419 bits per heavy atom. The average Bonchev–Trinajstić information content (AvgIpc) is 4.17. The summed E-state index contributed by atoms with van der Waals surface area (Å²) >= 11 is 0. The SMILES string of the molecule is O=c1ccn(CCCCCCOc2ccc(-c3c4nc(c(-c5ccccc5)c5ccc([nH]5)c(-c5ccccc5)c5nc(c(-c6ccccc6)c6ccc3[nH]6)C=C5)C=C4)cc2)cc1. The summed E-state index contributed by atoms with van der Waals surface area (Å²) in [4.78, 5) is 29.9. The molecule has 0 atom stereocenters. The van der Waals surface area contributed by atoms with E-state index in [2.05, 4.69) is 160 Å². The summed E-state index contributed by atoms with van der Waals surface area (Å²) in [6.45, 7) is 1.56. The molecule has 0 fully saturated rings. The maximum atomic E-state index is 11.4. The number of aryl methyl sites for hydroxylation is 1. The number of nitrogens with one attached hydrogen (secondary N) is 2. The Morgan fingerprint density at radius 2 is 0.806 bits per heavy atom. The summed E-state index contributed by atoms with van der Waals surface area (Å²) in [6.07, 6.45) is 16.5. The zero-order valence-corrected chi connectivity index (χ0v) is 34.3. The van der Waals surface area contributed by atoms with Crippen molar-refractivity contribution in [3.8, 4) is 50.3 Å². The molecule has 0 radical (unpaired) electrons. The lowest BCUT2D eigenvalue weighted by Crippen LogP contribution is -2.04. The molecule has 0 saturated heterocycles. The highest BCUT2D eigenvalue weighted by Gasteiger charge is 2.19. The summed E-state index contributed by atoms with van der Waals surface area (Å²) < 4.78 is 8.31. The lowest BCUT2D eigenvalue weighted by molar-refractivity contribution is 0.304. The van der Waals surface area contributed by atoms with E-state index in [-0.39, 0.29) is 5.43 Å². The molecule has 62 heavy (non-hydrogen) atoms. The second-order valence-corrected chi connectivity index (χ2v) is 15.7. The lowest BCUT2D eigenvalue weighted by atomic mass is 10.0. The van der Waals surface area contributed by atoms with Crippen LogP contribution in [0, 0.1) is 0 Å². The number of aromatic amines is 2. The molecule has 0 saturated carbocycles. The van der Waals surface area contributed by atoms with Crippen molar-refractivity contribution >= 4 is 46.4 Å². The Hall–Kier alpha value is -7.77. The lowest BCUT2D eigenvalue weighted by Gasteiger charge is -2.09. The number of unbranched alkanes of at least 4 members (excludes halogenated alkanes) is 3.